The van der Waals surface area contributed by atoms with Gasteiger partial charge in [-0.25, -0.2) is 0 Å². The number of hydrogen-bond acceptors (Lipinski definition) is 4. The first-order valence-electron chi connectivity index (χ1n) is 9.38. The van der Waals surface area contributed by atoms with Crippen LogP contribution >= 0.6 is 0 Å². The largest absolute Gasteiger partial charge is 0.378 e. The standard InChI is InChI=1S/C7H10N2.2C4H9.C3H7NO.C2H6OS.Al.H/c1-9(2)7-3-5-8-6-4-7;2*1-4(2)3;1-4(2)3-5;1-4(2)3;;/h3-6H,1-2H3;2*4H,1H2,2-3H3;3H,1-2H3;1-2H3;;. The third kappa shape index (κ3) is 36.7. The molecule has 5 nitrogen and oxygen atoms in total. The molecule has 0 bridgehead atoms. The van der Waals surface area contributed by atoms with Crippen LogP contribution in [0.3, 0.4) is 0 Å². The van der Waals surface area contributed by atoms with Crippen molar-refractivity contribution in [1.82, 2.24) is 9.88 Å². The summed E-state index contributed by atoms with van der Waals surface area (Å²) in [5.41, 5.74) is 1.19. The lowest BCUT2D eigenvalue weighted by Crippen LogP contribution is -2.07. The highest BCUT2D eigenvalue weighted by Gasteiger charge is 1.99. The minimum absolute atomic E-state index is 0.316. The minimum Gasteiger partial charge on any atom is -0.378 e. The van der Waals surface area contributed by atoms with E-state index in [0.717, 1.165) is 18.2 Å². The van der Waals surface area contributed by atoms with E-state index < -0.39 is 10.8 Å². The van der Waals surface area contributed by atoms with Gasteiger partial charge in [-0.15, -0.1) is 0 Å². The van der Waals surface area contributed by atoms with Crippen LogP contribution in [0.1, 0.15) is 27.7 Å². The third-order valence-electron chi connectivity index (χ3n) is 2.95. The molecule has 0 saturated carbocycles. The van der Waals surface area contributed by atoms with Crippen LogP contribution < -0.4 is 4.90 Å². The summed E-state index contributed by atoms with van der Waals surface area (Å²) < 4.78 is 9.56. The molecule has 158 valence electrons. The molecule has 1 rings (SSSR count). The van der Waals surface area contributed by atoms with E-state index in [-0.39, 0.29) is 0 Å². The Balaban J connectivity index is -0.000000302. The van der Waals surface area contributed by atoms with E-state index in [2.05, 4.69) is 32.7 Å². The molecule has 1 aromatic rings. The second-order valence-electron chi connectivity index (χ2n) is 7.63. The van der Waals surface area contributed by atoms with Crippen LogP contribution in [-0.2, 0) is 15.6 Å². The zero-order valence-corrected chi connectivity index (χ0v) is 21.5. The molecule has 0 aromatic carbocycles. The molecule has 0 atom stereocenters. The summed E-state index contributed by atoms with van der Waals surface area (Å²) in [6.07, 6.45) is 7.60. The van der Waals surface area contributed by atoms with Crippen LogP contribution in [0.4, 0.5) is 5.69 Å². The van der Waals surface area contributed by atoms with Gasteiger partial charge in [-0.3, -0.25) is 14.0 Å². The zero-order chi connectivity index (χ0) is 21.8. The Hall–Kier alpha value is -0.898. The Kier molecular flexibility index (Phi) is 24.4. The molecule has 0 radical (unpaired) electrons. The summed E-state index contributed by atoms with van der Waals surface area (Å²) in [6, 6.07) is 3.94. The molecule has 0 saturated heterocycles. The Bertz CT molecular complexity index is 444. The maximum atomic E-state index is 9.56. The van der Waals surface area contributed by atoms with Crippen LogP contribution in [-0.4, -0.2) is 76.4 Å². The fourth-order valence-electron chi connectivity index (χ4n) is 1.58. The topological polar surface area (TPSA) is 53.5 Å². The van der Waals surface area contributed by atoms with E-state index in [4.69, 9.17) is 0 Å². The van der Waals surface area contributed by atoms with Gasteiger partial charge < -0.3 is 9.80 Å². The zero-order valence-electron chi connectivity index (χ0n) is 19.2. The number of nitrogens with zero attached hydrogens (tertiary/aromatic N) is 3. The molecular formula is C20H42AlN3O2S. The summed E-state index contributed by atoms with van der Waals surface area (Å²) in [5, 5.41) is 3.08. The molecular weight excluding hydrogens is 373 g/mol. The summed E-state index contributed by atoms with van der Waals surface area (Å²) in [5.74, 6) is 1.91. The van der Waals surface area contributed by atoms with Gasteiger partial charge in [0.1, 0.15) is 0 Å². The smallest absolute Gasteiger partial charge is 0.237 e. The lowest BCUT2D eigenvalue weighted by molar-refractivity contribution is -0.115. The van der Waals surface area contributed by atoms with Crippen LogP contribution in [0.2, 0.25) is 10.6 Å². The summed E-state index contributed by atoms with van der Waals surface area (Å²) >= 11 is 0.316. The monoisotopic (exact) mass is 415 g/mol. The van der Waals surface area contributed by atoms with Crippen molar-refractivity contribution in [2.75, 3.05) is 45.6 Å². The van der Waals surface area contributed by atoms with Crippen LogP contribution in [0.15, 0.2) is 24.5 Å². The van der Waals surface area contributed by atoms with Crippen LogP contribution in [0.5, 0.6) is 0 Å². The number of anilines is 1. The number of carbonyl (C=O) groups is 1. The van der Waals surface area contributed by atoms with Crippen molar-refractivity contribution in [3.8, 4) is 0 Å². The van der Waals surface area contributed by atoms with E-state index in [1.807, 2.05) is 31.1 Å². The average Bonchev–Trinajstić information content (AvgIpc) is 2.55. The lowest BCUT2D eigenvalue weighted by atomic mass is 10.3. The molecule has 7 heteroatoms. The van der Waals surface area contributed by atoms with Gasteiger partial charge >= 0.3 is 0 Å². The number of amides is 1. The quantitative estimate of drug-likeness (QED) is 0.528. The summed E-state index contributed by atoms with van der Waals surface area (Å²) in [7, 11) is 6.78. The van der Waals surface area contributed by atoms with Crippen LogP contribution in [0.25, 0.3) is 0 Å². The van der Waals surface area contributed by atoms with Gasteiger partial charge in [0, 0.05) is 69.6 Å². The molecule has 1 aromatic heterocycles. The number of carbonyl (C=O) groups excluding carboxylic acids is 1. The van der Waals surface area contributed by atoms with Gasteiger partial charge in [-0.05, 0) is 12.1 Å². The first-order chi connectivity index (χ1) is 12.4. The maximum Gasteiger partial charge on any atom is 0.237 e. The lowest BCUT2D eigenvalue weighted by Gasteiger charge is -2.10. The normalized spacial score (nSPS) is 9.22. The van der Waals surface area contributed by atoms with Crippen molar-refractivity contribution in [3.05, 3.63) is 24.5 Å². The fraction of sp³-hybridized carbons (Fsp3) is 0.700. The Morgan fingerprint density at radius 2 is 1.33 bits per heavy atom. The first-order valence-corrected chi connectivity index (χ1v) is 13.3. The van der Waals surface area contributed by atoms with Crippen molar-refractivity contribution in [2.24, 2.45) is 11.8 Å². The summed E-state index contributed by atoms with van der Waals surface area (Å²) in [4.78, 5) is 16.8. The van der Waals surface area contributed by atoms with Gasteiger partial charge in [0.25, 0.3) is 0 Å². The van der Waals surface area contributed by atoms with E-state index >= 15 is 0 Å². The maximum absolute atomic E-state index is 9.56. The number of hydrogen-bond donors (Lipinski definition) is 0. The highest BCUT2D eigenvalue weighted by atomic mass is 32.2. The second kappa shape index (κ2) is 21.4. The molecule has 0 spiro atoms. The molecule has 0 aliphatic rings. The van der Waals surface area contributed by atoms with E-state index in [1.165, 1.54) is 21.2 Å². The Morgan fingerprint density at radius 3 is 1.52 bits per heavy atom. The number of pyridine rings is 1. The van der Waals surface area contributed by atoms with E-state index in [9.17, 15) is 9.00 Å². The Morgan fingerprint density at radius 1 is 1.00 bits per heavy atom. The van der Waals surface area contributed by atoms with Gasteiger partial charge in [-0.1, -0.05) is 50.1 Å². The van der Waals surface area contributed by atoms with Crippen molar-refractivity contribution in [2.45, 2.75) is 38.3 Å². The highest BCUT2D eigenvalue weighted by molar-refractivity contribution is 7.83. The van der Waals surface area contributed by atoms with E-state index in [1.54, 1.807) is 39.0 Å². The second-order valence-corrected chi connectivity index (χ2v) is 11.0. The molecule has 1 heterocycles. The SMILES string of the molecule is CC(C)[CH2][AlH][CH2]C(C)C.CN(C)C=O.CN(C)c1ccncc1.CS(C)=O. The molecule has 0 aliphatic heterocycles. The van der Waals surface area contributed by atoms with Gasteiger partial charge in [0.15, 0.2) is 0 Å². The molecule has 1 amide bonds. The minimum atomic E-state index is -0.611. The predicted octanol–water partition coefficient (Wildman–Crippen LogP) is 3.42. The number of rotatable bonds is 6. The fourth-order valence-corrected chi connectivity index (χ4v) is 3.45. The van der Waals surface area contributed by atoms with Gasteiger partial charge in [-0.2, -0.15) is 0 Å². The van der Waals surface area contributed by atoms with Gasteiger partial charge in [0.2, 0.25) is 21.6 Å². The van der Waals surface area contributed by atoms with Crippen molar-refractivity contribution in [1.29, 1.82) is 0 Å². The number of aromatic nitrogens is 1. The van der Waals surface area contributed by atoms with E-state index in [0.29, 0.717) is 15.2 Å². The highest BCUT2D eigenvalue weighted by Crippen LogP contribution is 2.06. The molecule has 0 aliphatic carbocycles. The van der Waals surface area contributed by atoms with Gasteiger partial charge in [0.05, 0.1) is 0 Å². The predicted molar refractivity (Wildman–Crippen MR) is 125 cm³/mol. The molecule has 0 unspecified atom stereocenters. The van der Waals surface area contributed by atoms with Crippen molar-refractivity contribution < 1.29 is 9.00 Å². The average molecular weight is 416 g/mol. The first kappa shape index (κ1) is 30.8. The van der Waals surface area contributed by atoms with Crippen molar-refractivity contribution in [3.63, 3.8) is 0 Å². The third-order valence-corrected chi connectivity index (χ3v) is 6.08. The molecule has 0 N–H and O–H groups in total. The molecule has 0 fully saturated rings. The Labute approximate surface area is 177 Å². The van der Waals surface area contributed by atoms with Crippen LogP contribution in [0, 0.1) is 11.8 Å². The molecule has 27 heavy (non-hydrogen) atoms. The summed E-state index contributed by atoms with van der Waals surface area (Å²) in [6.45, 7) is 9.31. The van der Waals surface area contributed by atoms with Crippen molar-refractivity contribution >= 4 is 38.1 Å².